The normalized spacial score (nSPS) is 28.4. The zero-order valence-electron chi connectivity index (χ0n) is 19.7. The van der Waals surface area contributed by atoms with Crippen LogP contribution in [0.2, 0.25) is 0 Å². The van der Waals surface area contributed by atoms with Gasteiger partial charge in [-0.25, -0.2) is 0 Å². The highest BCUT2D eigenvalue weighted by Crippen LogP contribution is 2.39. The third-order valence-electron chi connectivity index (χ3n) is 6.49. The van der Waals surface area contributed by atoms with Crippen LogP contribution in [-0.4, -0.2) is 43.6 Å². The Labute approximate surface area is 205 Å². The molecule has 0 unspecified atom stereocenters. The monoisotopic (exact) mass is 474 g/mol. The third-order valence-corrected chi connectivity index (χ3v) is 6.49. The summed E-state index contributed by atoms with van der Waals surface area (Å²) in [4.78, 5) is 13.2. The Kier molecular flexibility index (Phi) is 7.66. The minimum Gasteiger partial charge on any atom is -0.368 e. The van der Waals surface area contributed by atoms with Crippen LogP contribution in [0.1, 0.15) is 29.2 Å². The van der Waals surface area contributed by atoms with E-state index in [2.05, 4.69) is 0 Å². The number of carbonyl (C=O) groups is 1. The van der Waals surface area contributed by atoms with E-state index in [9.17, 15) is 4.79 Å². The topological polar surface area (TPSA) is 63.2 Å². The highest BCUT2D eigenvalue weighted by Gasteiger charge is 2.54. The summed E-state index contributed by atoms with van der Waals surface area (Å²) in [7, 11) is 1.55. The molecule has 6 nitrogen and oxygen atoms in total. The van der Waals surface area contributed by atoms with Crippen molar-refractivity contribution in [2.45, 2.75) is 56.4 Å². The average Bonchev–Trinajstić information content (AvgIpc) is 2.92. The number of hydrogen-bond acceptors (Lipinski definition) is 6. The fourth-order valence-electron chi connectivity index (χ4n) is 4.71. The van der Waals surface area contributed by atoms with Gasteiger partial charge < -0.3 is 23.7 Å². The third kappa shape index (κ3) is 5.53. The summed E-state index contributed by atoms with van der Waals surface area (Å²) in [6, 6.07) is 29.6. The summed E-state index contributed by atoms with van der Waals surface area (Å²) in [5, 5.41) is 0. The van der Waals surface area contributed by atoms with Gasteiger partial charge in [-0.3, -0.25) is 4.79 Å². The Morgan fingerprint density at radius 2 is 1.29 bits per heavy atom. The van der Waals surface area contributed by atoms with Gasteiger partial charge in [0, 0.05) is 13.5 Å². The summed E-state index contributed by atoms with van der Waals surface area (Å²) >= 11 is 0. The lowest BCUT2D eigenvalue weighted by molar-refractivity contribution is -0.321. The molecule has 0 radical (unpaired) electrons. The molecule has 2 saturated heterocycles. The van der Waals surface area contributed by atoms with Crippen molar-refractivity contribution in [2.75, 3.05) is 7.11 Å². The molecule has 35 heavy (non-hydrogen) atoms. The SMILES string of the molecule is CO[C@H]1O[C@@H]2C(=O)C[C@H](c3ccccc3)O[C@H]2[C@H](OCc2ccccc2)[C@H]1OCc1ccccc1. The molecule has 0 saturated carbocycles. The number of ketones is 1. The molecule has 6 atom stereocenters. The number of rotatable bonds is 8. The summed E-state index contributed by atoms with van der Waals surface area (Å²) in [6.07, 6.45) is -3.46. The van der Waals surface area contributed by atoms with Gasteiger partial charge in [0.1, 0.15) is 24.4 Å². The Bertz CT molecular complexity index is 1070. The van der Waals surface area contributed by atoms with Gasteiger partial charge in [0.25, 0.3) is 0 Å². The first-order chi connectivity index (χ1) is 17.2. The standard InChI is InChI=1S/C29H30O6/c1-31-29-28(33-19-21-13-7-3-8-14-21)26(32-18-20-11-5-2-6-12-20)27-25(35-29)23(30)17-24(34-27)22-15-9-4-10-16-22/h2-16,24-29H,17-19H2,1H3/t24-,25-,26+,27-,28-,29+/m1/s1. The van der Waals surface area contributed by atoms with Gasteiger partial charge in [-0.1, -0.05) is 91.0 Å². The number of Topliss-reactive ketones (excluding diaryl/α,β-unsaturated/α-hetero) is 1. The first kappa shape index (κ1) is 23.9. The predicted octanol–water partition coefficient (Wildman–Crippen LogP) is 4.63. The second-order valence-corrected chi connectivity index (χ2v) is 8.85. The Hall–Kier alpha value is -2.87. The highest BCUT2D eigenvalue weighted by atomic mass is 16.7. The molecule has 0 aromatic heterocycles. The van der Waals surface area contributed by atoms with E-state index in [4.69, 9.17) is 23.7 Å². The van der Waals surface area contributed by atoms with E-state index in [1.165, 1.54) is 0 Å². The fraction of sp³-hybridized carbons (Fsp3) is 0.345. The first-order valence-corrected chi connectivity index (χ1v) is 12.0. The zero-order valence-corrected chi connectivity index (χ0v) is 19.7. The van der Waals surface area contributed by atoms with E-state index < -0.39 is 30.7 Å². The van der Waals surface area contributed by atoms with Crippen molar-refractivity contribution < 1.29 is 28.5 Å². The van der Waals surface area contributed by atoms with Crippen LogP contribution in [0.4, 0.5) is 0 Å². The maximum absolute atomic E-state index is 13.2. The minimum absolute atomic E-state index is 0.0213. The molecule has 0 amide bonds. The first-order valence-electron chi connectivity index (χ1n) is 12.0. The van der Waals surface area contributed by atoms with Crippen LogP contribution < -0.4 is 0 Å². The molecule has 0 aliphatic carbocycles. The minimum atomic E-state index is -0.780. The van der Waals surface area contributed by atoms with Crippen molar-refractivity contribution in [1.82, 2.24) is 0 Å². The maximum Gasteiger partial charge on any atom is 0.187 e. The second kappa shape index (κ2) is 11.2. The Morgan fingerprint density at radius 1 is 0.743 bits per heavy atom. The van der Waals surface area contributed by atoms with Crippen LogP contribution in [0.15, 0.2) is 91.0 Å². The molecule has 2 heterocycles. The van der Waals surface area contributed by atoms with Crippen LogP contribution in [0, 0.1) is 0 Å². The van der Waals surface area contributed by atoms with Crippen molar-refractivity contribution in [3.63, 3.8) is 0 Å². The van der Waals surface area contributed by atoms with E-state index in [0.29, 0.717) is 13.2 Å². The molecular formula is C29H30O6. The van der Waals surface area contributed by atoms with Gasteiger partial charge in [0.05, 0.1) is 19.3 Å². The van der Waals surface area contributed by atoms with Crippen LogP contribution >= 0.6 is 0 Å². The van der Waals surface area contributed by atoms with E-state index in [-0.39, 0.29) is 18.3 Å². The zero-order chi connectivity index (χ0) is 24.0. The fourth-order valence-corrected chi connectivity index (χ4v) is 4.71. The number of ether oxygens (including phenoxy) is 5. The molecule has 2 aliphatic rings. The summed E-state index contributed by atoms with van der Waals surface area (Å²) < 4.78 is 31.1. The van der Waals surface area contributed by atoms with Gasteiger partial charge in [-0.05, 0) is 16.7 Å². The Balaban J connectivity index is 1.42. The molecule has 3 aromatic rings. The molecule has 0 bridgehead atoms. The summed E-state index contributed by atoms with van der Waals surface area (Å²) in [5.41, 5.74) is 3.00. The van der Waals surface area contributed by atoms with Gasteiger partial charge in [-0.15, -0.1) is 0 Å². The Morgan fingerprint density at radius 3 is 1.86 bits per heavy atom. The van der Waals surface area contributed by atoms with Crippen molar-refractivity contribution in [3.8, 4) is 0 Å². The van der Waals surface area contributed by atoms with Crippen LogP contribution in [0.3, 0.4) is 0 Å². The smallest absolute Gasteiger partial charge is 0.187 e. The number of hydrogen-bond donors (Lipinski definition) is 0. The molecule has 0 spiro atoms. The number of carbonyl (C=O) groups excluding carboxylic acids is 1. The number of fused-ring (bicyclic) bond motifs is 1. The molecule has 3 aromatic carbocycles. The van der Waals surface area contributed by atoms with Crippen molar-refractivity contribution in [2.24, 2.45) is 0 Å². The highest BCUT2D eigenvalue weighted by molar-refractivity contribution is 5.85. The van der Waals surface area contributed by atoms with E-state index in [0.717, 1.165) is 16.7 Å². The van der Waals surface area contributed by atoms with Crippen molar-refractivity contribution in [1.29, 1.82) is 0 Å². The van der Waals surface area contributed by atoms with E-state index in [1.807, 2.05) is 91.0 Å². The van der Waals surface area contributed by atoms with E-state index >= 15 is 0 Å². The lowest BCUT2D eigenvalue weighted by atomic mass is 9.88. The van der Waals surface area contributed by atoms with Crippen LogP contribution in [-0.2, 0) is 41.7 Å². The average molecular weight is 475 g/mol. The molecule has 6 heteroatoms. The lowest BCUT2D eigenvalue weighted by Crippen LogP contribution is -2.64. The molecule has 2 fully saturated rings. The lowest BCUT2D eigenvalue weighted by Gasteiger charge is -2.48. The van der Waals surface area contributed by atoms with Gasteiger partial charge in [0.2, 0.25) is 0 Å². The van der Waals surface area contributed by atoms with Crippen molar-refractivity contribution >= 4 is 5.78 Å². The predicted molar refractivity (Wildman–Crippen MR) is 129 cm³/mol. The molecular weight excluding hydrogens is 444 g/mol. The molecule has 182 valence electrons. The van der Waals surface area contributed by atoms with E-state index in [1.54, 1.807) is 7.11 Å². The van der Waals surface area contributed by atoms with Crippen LogP contribution in [0.25, 0.3) is 0 Å². The van der Waals surface area contributed by atoms with Crippen LogP contribution in [0.5, 0.6) is 0 Å². The van der Waals surface area contributed by atoms with Gasteiger partial charge in [0.15, 0.2) is 12.1 Å². The van der Waals surface area contributed by atoms with Crippen molar-refractivity contribution in [3.05, 3.63) is 108 Å². The number of methoxy groups -OCH3 is 1. The maximum atomic E-state index is 13.2. The second-order valence-electron chi connectivity index (χ2n) is 8.85. The largest absolute Gasteiger partial charge is 0.368 e. The van der Waals surface area contributed by atoms with Gasteiger partial charge in [-0.2, -0.15) is 0 Å². The quantitative estimate of drug-likeness (QED) is 0.475. The number of benzene rings is 3. The summed E-state index contributed by atoms with van der Waals surface area (Å²) in [5.74, 6) is -0.0213. The van der Waals surface area contributed by atoms with Gasteiger partial charge >= 0.3 is 0 Å². The molecule has 5 rings (SSSR count). The molecule has 0 N–H and O–H groups in total. The summed E-state index contributed by atoms with van der Waals surface area (Å²) in [6.45, 7) is 0.706. The molecule has 2 aliphatic heterocycles.